The Hall–Kier alpha value is -4.51. The normalized spacial score (nSPS) is 16.8. The number of nitrogens with two attached hydrogens (primary N) is 1. The molecule has 4 aromatic rings. The molecule has 0 bridgehead atoms. The van der Waals surface area contributed by atoms with E-state index in [-0.39, 0.29) is 28.1 Å². The Morgan fingerprint density at radius 2 is 1.90 bits per heavy atom. The zero-order valence-electron chi connectivity index (χ0n) is 21.2. The molecule has 1 unspecified atom stereocenters. The van der Waals surface area contributed by atoms with Gasteiger partial charge in [-0.25, -0.2) is 13.6 Å². The van der Waals surface area contributed by atoms with Gasteiger partial charge in [-0.1, -0.05) is 23.7 Å². The molecule has 3 atom stereocenters. The van der Waals surface area contributed by atoms with Crippen molar-refractivity contribution in [1.82, 2.24) is 9.78 Å². The molecule has 1 aliphatic rings. The van der Waals surface area contributed by atoms with Gasteiger partial charge >= 0.3 is 6.09 Å². The predicted octanol–water partition coefficient (Wildman–Crippen LogP) is 5.06. The van der Waals surface area contributed by atoms with Crippen molar-refractivity contribution in [3.8, 4) is 22.3 Å². The van der Waals surface area contributed by atoms with Crippen LogP contribution in [0.5, 0.6) is 0 Å². The fraction of sp³-hybridized carbons (Fsp3) is 0.214. The number of primary amides is 1. The molecule has 0 spiro atoms. The number of rotatable bonds is 8. The first-order valence-electron chi connectivity index (χ1n) is 12.3. The van der Waals surface area contributed by atoms with Crippen molar-refractivity contribution in [3.05, 3.63) is 94.7 Å². The molecule has 2 aromatic carbocycles. The third kappa shape index (κ3) is 5.46. The molecule has 3 N–H and O–H groups in total. The zero-order valence-corrected chi connectivity index (χ0v) is 21.9. The first-order valence-corrected chi connectivity index (χ1v) is 12.7. The number of hydrogen-bond donors (Lipinski definition) is 2. The smallest absolute Gasteiger partial charge is 0.411 e. The zero-order chi connectivity index (χ0) is 28.6. The maximum atomic E-state index is 14.6. The molecule has 206 valence electrons. The molecule has 2 aromatic heterocycles. The van der Waals surface area contributed by atoms with Crippen LogP contribution in [0, 0.1) is 28.7 Å². The Labute approximate surface area is 232 Å². The molecule has 12 heteroatoms. The minimum Gasteiger partial charge on any atom is -0.618 e. The standard InChI is InChI=1S/C28H24ClF2N5O4/c1-40-28(38)34-19-5-2-15(3-6-19)18-12-33-35(13-18)24(11-17-10-20(17)27(32)37)23-9-4-16(14-36(23)39)25-22(30)8-7-21(29)26(25)31/h2-9,12-14,17,20,24H,10-11H2,1H3,(H2,32,37)(H,34,38)/t17-,20-,24?/m0/s1. The van der Waals surface area contributed by atoms with Crippen molar-refractivity contribution in [2.75, 3.05) is 12.4 Å². The van der Waals surface area contributed by atoms with E-state index in [1.807, 2.05) is 0 Å². The molecule has 0 saturated heterocycles. The van der Waals surface area contributed by atoms with E-state index < -0.39 is 35.2 Å². The van der Waals surface area contributed by atoms with Gasteiger partial charge in [0.25, 0.3) is 0 Å². The van der Waals surface area contributed by atoms with Crippen molar-refractivity contribution in [1.29, 1.82) is 0 Å². The Morgan fingerprint density at radius 3 is 2.55 bits per heavy atom. The first-order chi connectivity index (χ1) is 19.2. The summed E-state index contributed by atoms with van der Waals surface area (Å²) in [6.45, 7) is 0. The van der Waals surface area contributed by atoms with Crippen LogP contribution in [0.2, 0.25) is 5.02 Å². The van der Waals surface area contributed by atoms with E-state index in [0.717, 1.165) is 29.5 Å². The number of carbonyl (C=O) groups excluding carboxylic acids is 2. The van der Waals surface area contributed by atoms with E-state index in [0.29, 0.717) is 23.3 Å². The molecule has 1 aliphatic carbocycles. The molecule has 0 radical (unpaired) electrons. The summed E-state index contributed by atoms with van der Waals surface area (Å²) in [5.41, 5.74) is 7.48. The molecule has 5 rings (SSSR count). The summed E-state index contributed by atoms with van der Waals surface area (Å²) in [6.07, 6.45) is 4.91. The number of carbonyl (C=O) groups is 2. The first kappa shape index (κ1) is 27.1. The summed E-state index contributed by atoms with van der Waals surface area (Å²) < 4.78 is 35.8. The lowest BCUT2D eigenvalue weighted by atomic mass is 10.0. The van der Waals surface area contributed by atoms with Crippen LogP contribution in [-0.2, 0) is 9.53 Å². The number of amides is 2. The van der Waals surface area contributed by atoms with Crippen LogP contribution in [0.25, 0.3) is 22.3 Å². The summed E-state index contributed by atoms with van der Waals surface area (Å²) in [7, 11) is 1.27. The molecule has 1 saturated carbocycles. The molecule has 40 heavy (non-hydrogen) atoms. The van der Waals surface area contributed by atoms with E-state index in [4.69, 9.17) is 17.3 Å². The lowest BCUT2D eigenvalue weighted by Gasteiger charge is -2.18. The summed E-state index contributed by atoms with van der Waals surface area (Å²) >= 11 is 5.83. The lowest BCUT2D eigenvalue weighted by molar-refractivity contribution is -0.615. The maximum Gasteiger partial charge on any atom is 0.411 e. The van der Waals surface area contributed by atoms with E-state index in [2.05, 4.69) is 15.2 Å². The minimum absolute atomic E-state index is 0.0262. The van der Waals surface area contributed by atoms with Gasteiger partial charge in [-0.05, 0) is 54.7 Å². The highest BCUT2D eigenvalue weighted by Crippen LogP contribution is 2.45. The van der Waals surface area contributed by atoms with Crippen LogP contribution in [0.3, 0.4) is 0 Å². The van der Waals surface area contributed by atoms with Gasteiger partial charge in [0.1, 0.15) is 11.9 Å². The van der Waals surface area contributed by atoms with Gasteiger partial charge in [0, 0.05) is 29.4 Å². The van der Waals surface area contributed by atoms with Crippen molar-refractivity contribution >= 4 is 29.3 Å². The Morgan fingerprint density at radius 1 is 1.18 bits per heavy atom. The van der Waals surface area contributed by atoms with E-state index >= 15 is 0 Å². The Kier molecular flexibility index (Phi) is 7.40. The molecule has 9 nitrogen and oxygen atoms in total. The van der Waals surface area contributed by atoms with E-state index in [1.165, 1.54) is 19.2 Å². The SMILES string of the molecule is COC(=O)Nc1ccc(-c2cnn(C(C[C@@H]3C[C@@H]3C(N)=O)c3ccc(-c4c(F)ccc(Cl)c4F)c[n+]3[O-])c2)cc1. The fourth-order valence-electron chi connectivity index (χ4n) is 4.77. The fourth-order valence-corrected chi connectivity index (χ4v) is 4.93. The molecule has 2 heterocycles. The third-order valence-corrected chi connectivity index (χ3v) is 7.30. The number of nitrogens with zero attached hydrogens (tertiary/aromatic N) is 3. The van der Waals surface area contributed by atoms with Crippen molar-refractivity contribution in [3.63, 3.8) is 0 Å². The second-order valence-corrected chi connectivity index (χ2v) is 9.95. The second kappa shape index (κ2) is 10.9. The highest BCUT2D eigenvalue weighted by Gasteiger charge is 2.44. The number of pyridine rings is 1. The molecule has 0 aliphatic heterocycles. The van der Waals surface area contributed by atoms with Gasteiger partial charge in [0.05, 0.1) is 29.5 Å². The average molecular weight is 568 g/mol. The van der Waals surface area contributed by atoms with Crippen LogP contribution in [0.1, 0.15) is 24.6 Å². The quantitative estimate of drug-likeness (QED) is 0.175. The maximum absolute atomic E-state index is 14.6. The van der Waals surface area contributed by atoms with Gasteiger partial charge in [-0.15, -0.1) is 0 Å². The number of hydrogen-bond acceptors (Lipinski definition) is 5. The highest BCUT2D eigenvalue weighted by molar-refractivity contribution is 6.31. The summed E-state index contributed by atoms with van der Waals surface area (Å²) in [4.78, 5) is 23.1. The topological polar surface area (TPSA) is 126 Å². The number of halogens is 3. The number of aromatic nitrogens is 3. The second-order valence-electron chi connectivity index (χ2n) is 9.55. The summed E-state index contributed by atoms with van der Waals surface area (Å²) in [5, 5.41) is 20.0. The van der Waals surface area contributed by atoms with Crippen LogP contribution < -0.4 is 15.8 Å². The van der Waals surface area contributed by atoms with Gasteiger partial charge in [0.2, 0.25) is 11.6 Å². The number of benzene rings is 2. The lowest BCUT2D eigenvalue weighted by Crippen LogP contribution is -2.36. The van der Waals surface area contributed by atoms with Crippen molar-refractivity contribution < 1.29 is 27.8 Å². The average Bonchev–Trinajstić information content (AvgIpc) is 3.55. The van der Waals surface area contributed by atoms with Crippen molar-refractivity contribution in [2.24, 2.45) is 17.6 Å². The molecule has 1 fully saturated rings. The number of nitrogens with one attached hydrogen (secondary N) is 1. The van der Waals surface area contributed by atoms with Gasteiger partial charge in [-0.3, -0.25) is 14.8 Å². The summed E-state index contributed by atoms with van der Waals surface area (Å²) in [5.74, 6) is -2.54. The van der Waals surface area contributed by atoms with Crippen LogP contribution >= 0.6 is 11.6 Å². The van der Waals surface area contributed by atoms with Gasteiger partial charge in [0.15, 0.2) is 12.0 Å². The Balaban J connectivity index is 1.47. The highest BCUT2D eigenvalue weighted by atomic mass is 35.5. The molecular formula is C28H24ClF2N5O4. The van der Waals surface area contributed by atoms with Crippen molar-refractivity contribution in [2.45, 2.75) is 18.9 Å². The van der Waals surface area contributed by atoms with Crippen LogP contribution in [0.15, 0.2) is 67.1 Å². The number of methoxy groups -OCH3 is 1. The van der Waals surface area contributed by atoms with Crippen LogP contribution in [-0.4, -0.2) is 28.9 Å². The number of anilines is 1. The van der Waals surface area contributed by atoms with E-state index in [9.17, 15) is 23.6 Å². The third-order valence-electron chi connectivity index (χ3n) is 7.00. The molecule has 2 amide bonds. The Bertz CT molecular complexity index is 1590. The number of ether oxygens (including phenoxy) is 1. The summed E-state index contributed by atoms with van der Waals surface area (Å²) in [6, 6.07) is 11.5. The minimum atomic E-state index is -0.960. The predicted molar refractivity (Wildman–Crippen MR) is 143 cm³/mol. The largest absolute Gasteiger partial charge is 0.618 e. The van der Waals surface area contributed by atoms with E-state index in [1.54, 1.807) is 41.3 Å². The monoisotopic (exact) mass is 567 g/mol. The van der Waals surface area contributed by atoms with Crippen LogP contribution in [0.4, 0.5) is 19.3 Å². The van der Waals surface area contributed by atoms with Gasteiger partial charge < -0.3 is 15.7 Å². The molecular weight excluding hydrogens is 544 g/mol. The van der Waals surface area contributed by atoms with Gasteiger partial charge in [-0.2, -0.15) is 9.83 Å².